The summed E-state index contributed by atoms with van der Waals surface area (Å²) in [5, 5.41) is 10.1. The highest BCUT2D eigenvalue weighted by molar-refractivity contribution is 5.77. The van der Waals surface area contributed by atoms with Gasteiger partial charge >= 0.3 is 0 Å². The zero-order valence-corrected chi connectivity index (χ0v) is 9.95. The van der Waals surface area contributed by atoms with Crippen molar-refractivity contribution in [2.45, 2.75) is 0 Å². The van der Waals surface area contributed by atoms with Crippen molar-refractivity contribution < 1.29 is 5.11 Å². The third-order valence-corrected chi connectivity index (χ3v) is 2.83. The van der Waals surface area contributed by atoms with Crippen molar-refractivity contribution in [1.82, 2.24) is 9.97 Å². The highest BCUT2D eigenvalue weighted by atomic mass is 16.3. The molecule has 0 aliphatic carbocycles. The van der Waals surface area contributed by atoms with Crippen LogP contribution in [0.4, 0.5) is 0 Å². The van der Waals surface area contributed by atoms with Gasteiger partial charge in [0.05, 0.1) is 5.52 Å². The van der Waals surface area contributed by atoms with E-state index in [1.165, 1.54) is 12.1 Å². The van der Waals surface area contributed by atoms with Crippen molar-refractivity contribution in [3.63, 3.8) is 0 Å². The number of benzene rings is 2. The minimum Gasteiger partial charge on any atom is -0.508 e. The van der Waals surface area contributed by atoms with Gasteiger partial charge in [0, 0.05) is 17.1 Å². The van der Waals surface area contributed by atoms with E-state index in [1.807, 2.05) is 18.2 Å². The van der Waals surface area contributed by atoms with Gasteiger partial charge in [-0.2, -0.15) is 0 Å². The van der Waals surface area contributed by atoms with Gasteiger partial charge in [0.25, 0.3) is 5.56 Å². The lowest BCUT2D eigenvalue weighted by Gasteiger charge is -1.96. The Morgan fingerprint density at radius 1 is 0.947 bits per heavy atom. The number of rotatable bonds is 1. The molecule has 4 heteroatoms. The summed E-state index contributed by atoms with van der Waals surface area (Å²) in [5.41, 5.74) is 1.14. The van der Waals surface area contributed by atoms with Crippen molar-refractivity contribution >= 4 is 10.9 Å². The molecule has 0 fully saturated rings. The SMILES string of the molecule is O=c1nc2ccccc2cnc1-c1ccc(O)cc1. The standard InChI is InChI=1S/C15H10N2O2/c18-12-7-5-10(6-8-12)14-15(19)17-13-4-2-1-3-11(13)9-16-14/h1-9,18H. The average Bonchev–Trinajstić information content (AvgIpc) is 2.58. The predicted octanol–water partition coefficient (Wildman–Crippen LogP) is 2.36. The van der Waals surface area contributed by atoms with Crippen LogP contribution in [0.5, 0.6) is 5.75 Å². The Bertz CT molecular complexity index is 798. The van der Waals surface area contributed by atoms with Crippen molar-refractivity contribution in [3.05, 3.63) is 65.1 Å². The van der Waals surface area contributed by atoms with E-state index in [2.05, 4.69) is 9.97 Å². The topological polar surface area (TPSA) is 63.1 Å². The molecule has 92 valence electrons. The summed E-state index contributed by atoms with van der Waals surface area (Å²) >= 11 is 0. The van der Waals surface area contributed by atoms with E-state index in [4.69, 9.17) is 0 Å². The minimum absolute atomic E-state index is 0.148. The number of para-hydroxylation sites is 1. The summed E-state index contributed by atoms with van der Waals surface area (Å²) in [7, 11) is 0. The molecule has 19 heavy (non-hydrogen) atoms. The van der Waals surface area contributed by atoms with E-state index in [0.29, 0.717) is 11.1 Å². The first-order valence-corrected chi connectivity index (χ1v) is 5.79. The predicted molar refractivity (Wildman–Crippen MR) is 72.9 cm³/mol. The molecular formula is C15H10N2O2. The van der Waals surface area contributed by atoms with Crippen LogP contribution < -0.4 is 5.56 Å². The molecule has 2 aromatic carbocycles. The molecule has 0 amide bonds. The molecule has 1 aromatic heterocycles. The zero-order valence-electron chi connectivity index (χ0n) is 9.95. The van der Waals surface area contributed by atoms with Crippen LogP contribution in [-0.4, -0.2) is 15.1 Å². The highest BCUT2D eigenvalue weighted by Crippen LogP contribution is 2.17. The Hall–Kier alpha value is -2.75. The molecule has 0 saturated heterocycles. The molecule has 4 nitrogen and oxygen atoms in total. The molecule has 1 N–H and O–H groups in total. The lowest BCUT2D eigenvalue weighted by Crippen LogP contribution is -2.06. The maximum absolute atomic E-state index is 12.1. The van der Waals surface area contributed by atoms with Gasteiger partial charge in [-0.1, -0.05) is 18.2 Å². The van der Waals surface area contributed by atoms with Gasteiger partial charge in [0.1, 0.15) is 11.4 Å². The number of phenolic OH excluding ortho intramolecular Hbond substituents is 1. The van der Waals surface area contributed by atoms with E-state index in [1.54, 1.807) is 24.4 Å². The monoisotopic (exact) mass is 250 g/mol. The Labute approximate surface area is 109 Å². The van der Waals surface area contributed by atoms with Crippen LogP contribution >= 0.6 is 0 Å². The first-order valence-electron chi connectivity index (χ1n) is 5.79. The molecule has 0 spiro atoms. The molecule has 1 heterocycles. The van der Waals surface area contributed by atoms with Crippen molar-refractivity contribution in [3.8, 4) is 17.0 Å². The Morgan fingerprint density at radius 2 is 1.68 bits per heavy atom. The van der Waals surface area contributed by atoms with E-state index < -0.39 is 0 Å². The molecule has 0 atom stereocenters. The molecule has 3 aromatic rings. The fourth-order valence-corrected chi connectivity index (χ4v) is 1.87. The number of phenols is 1. The first kappa shape index (κ1) is 11.3. The van der Waals surface area contributed by atoms with Crippen molar-refractivity contribution in [2.75, 3.05) is 0 Å². The summed E-state index contributed by atoms with van der Waals surface area (Å²) in [5.74, 6) is 0.148. The van der Waals surface area contributed by atoms with Crippen molar-refractivity contribution in [1.29, 1.82) is 0 Å². The van der Waals surface area contributed by atoms with Crippen molar-refractivity contribution in [2.24, 2.45) is 0 Å². The normalized spacial score (nSPS) is 10.5. The number of hydrogen-bond acceptors (Lipinski definition) is 4. The van der Waals surface area contributed by atoms with Gasteiger partial charge in [-0.15, -0.1) is 0 Å². The van der Waals surface area contributed by atoms with Crippen LogP contribution in [0.25, 0.3) is 22.2 Å². The Balaban J connectivity index is 2.28. The second-order valence-electron chi connectivity index (χ2n) is 4.13. The van der Waals surface area contributed by atoms with Gasteiger partial charge in [0.2, 0.25) is 0 Å². The molecule has 0 aliphatic heterocycles. The van der Waals surface area contributed by atoms with E-state index in [9.17, 15) is 9.90 Å². The molecule has 0 bridgehead atoms. The van der Waals surface area contributed by atoms with E-state index >= 15 is 0 Å². The number of fused-ring (bicyclic) bond motifs is 1. The summed E-state index contributed by atoms with van der Waals surface area (Å²) in [6, 6.07) is 13.7. The van der Waals surface area contributed by atoms with Gasteiger partial charge in [-0.25, -0.2) is 9.97 Å². The summed E-state index contributed by atoms with van der Waals surface area (Å²) in [6.07, 6.45) is 1.63. The van der Waals surface area contributed by atoms with Gasteiger partial charge in [-0.05, 0) is 30.3 Å². The Morgan fingerprint density at radius 3 is 2.47 bits per heavy atom. The number of hydrogen-bond donors (Lipinski definition) is 1. The third kappa shape index (κ3) is 2.15. The van der Waals surface area contributed by atoms with E-state index in [-0.39, 0.29) is 17.0 Å². The molecule has 0 aliphatic rings. The largest absolute Gasteiger partial charge is 0.508 e. The van der Waals surface area contributed by atoms with Crippen LogP contribution in [0, 0.1) is 0 Å². The fraction of sp³-hybridized carbons (Fsp3) is 0. The third-order valence-electron chi connectivity index (χ3n) is 2.83. The highest BCUT2D eigenvalue weighted by Gasteiger charge is 2.05. The minimum atomic E-state index is -0.383. The summed E-state index contributed by atoms with van der Waals surface area (Å²) < 4.78 is 0. The van der Waals surface area contributed by atoms with Crippen LogP contribution in [0.3, 0.4) is 0 Å². The Kier molecular flexibility index (Phi) is 2.68. The smallest absolute Gasteiger partial charge is 0.296 e. The van der Waals surface area contributed by atoms with Gasteiger partial charge in [0.15, 0.2) is 0 Å². The van der Waals surface area contributed by atoms with Gasteiger partial charge in [-0.3, -0.25) is 4.79 Å². The lowest BCUT2D eigenvalue weighted by atomic mass is 10.1. The zero-order chi connectivity index (χ0) is 13.2. The number of nitrogens with zero attached hydrogens (tertiary/aromatic N) is 2. The second-order valence-corrected chi connectivity index (χ2v) is 4.13. The summed E-state index contributed by atoms with van der Waals surface area (Å²) in [6.45, 7) is 0. The number of aromatic hydroxyl groups is 1. The van der Waals surface area contributed by atoms with Gasteiger partial charge < -0.3 is 5.11 Å². The summed E-state index contributed by atoms with van der Waals surface area (Å²) in [4.78, 5) is 20.4. The average molecular weight is 250 g/mol. The van der Waals surface area contributed by atoms with Crippen LogP contribution in [0.1, 0.15) is 0 Å². The van der Waals surface area contributed by atoms with Crippen LogP contribution in [-0.2, 0) is 0 Å². The second kappa shape index (κ2) is 4.49. The molecule has 3 rings (SSSR count). The van der Waals surface area contributed by atoms with E-state index in [0.717, 1.165) is 5.39 Å². The lowest BCUT2D eigenvalue weighted by molar-refractivity contribution is 0.475. The molecule has 0 radical (unpaired) electrons. The molecular weight excluding hydrogens is 240 g/mol. The molecule has 0 saturated carbocycles. The van der Waals surface area contributed by atoms with Crippen LogP contribution in [0.2, 0.25) is 0 Å². The molecule has 0 unspecified atom stereocenters. The number of aromatic nitrogens is 2. The quantitative estimate of drug-likeness (QED) is 0.720. The fourth-order valence-electron chi connectivity index (χ4n) is 1.87. The van der Waals surface area contributed by atoms with Crippen LogP contribution in [0.15, 0.2) is 59.5 Å². The maximum Gasteiger partial charge on any atom is 0.296 e. The first-order chi connectivity index (χ1) is 9.24. The maximum atomic E-state index is 12.1.